The summed E-state index contributed by atoms with van der Waals surface area (Å²) in [5, 5.41) is 11.7. The number of benzene rings is 4. The number of halogens is 3. The van der Waals surface area contributed by atoms with Crippen LogP contribution in [0.5, 0.6) is 0 Å². The first-order chi connectivity index (χ1) is 19.2. The van der Waals surface area contributed by atoms with E-state index in [1.165, 1.54) is 23.9 Å². The zero-order chi connectivity index (χ0) is 28.5. The third-order valence-corrected chi connectivity index (χ3v) is 7.08. The fourth-order valence-corrected chi connectivity index (χ4v) is 4.86. The summed E-state index contributed by atoms with van der Waals surface area (Å²) in [5.74, 6) is -0.883. The van der Waals surface area contributed by atoms with Crippen molar-refractivity contribution in [3.63, 3.8) is 0 Å². The van der Waals surface area contributed by atoms with Gasteiger partial charge in [0.05, 0.1) is 12.0 Å². The normalized spacial score (nSPS) is 11.2. The topological polar surface area (TPSA) is 69.6 Å². The number of hydrogen-bond acceptors (Lipinski definition) is 3. The molecule has 2 N–H and O–H groups in total. The molecule has 4 aromatic carbocycles. The van der Waals surface area contributed by atoms with Crippen molar-refractivity contribution < 1.29 is 27.9 Å². The highest BCUT2D eigenvalue weighted by Gasteiger charge is 2.30. The second kappa shape index (κ2) is 13.2. The summed E-state index contributed by atoms with van der Waals surface area (Å²) in [7, 11) is 0. The molecule has 0 aliphatic carbocycles. The summed E-state index contributed by atoms with van der Waals surface area (Å²) in [5.41, 5.74) is 2.00. The maximum atomic E-state index is 13.3. The standard InChI is InChI=1S/C31H27F3N2O3S/c32-31(33,34)24-10-12-25(13-11-24)35-30(39)36(20-4-7-22-5-2-1-3-6-22)26-14-18-28(19-15-26)40-27-16-8-23(9-17-27)21-29(37)38/h1-3,5-6,8-19H,4,7,20-21H2,(H,35,39)(H,37,38). The van der Waals surface area contributed by atoms with Crippen molar-refractivity contribution in [3.8, 4) is 0 Å². The second-order valence-corrected chi connectivity index (χ2v) is 10.2. The number of carbonyl (C=O) groups excluding carboxylic acids is 1. The van der Waals surface area contributed by atoms with E-state index in [9.17, 15) is 22.8 Å². The van der Waals surface area contributed by atoms with Crippen LogP contribution in [0.15, 0.2) is 113 Å². The number of urea groups is 1. The number of carboxylic acid groups (broad SMARTS) is 1. The second-order valence-electron chi connectivity index (χ2n) is 9.06. The number of carboxylic acids is 1. The first-order valence-corrected chi connectivity index (χ1v) is 13.4. The molecule has 0 unspecified atom stereocenters. The molecule has 0 aliphatic rings. The quantitative estimate of drug-likeness (QED) is 0.204. The number of hydrogen-bond donors (Lipinski definition) is 2. The fraction of sp³-hybridized carbons (Fsp3) is 0.161. The molecule has 5 nitrogen and oxygen atoms in total. The molecule has 206 valence electrons. The zero-order valence-electron chi connectivity index (χ0n) is 21.4. The zero-order valence-corrected chi connectivity index (χ0v) is 22.2. The maximum absolute atomic E-state index is 13.3. The van der Waals surface area contributed by atoms with Gasteiger partial charge >= 0.3 is 18.2 Å². The molecule has 0 bridgehead atoms. The van der Waals surface area contributed by atoms with Gasteiger partial charge in [0.2, 0.25) is 0 Å². The van der Waals surface area contributed by atoms with E-state index in [1.54, 1.807) is 17.0 Å². The summed E-state index contributed by atoms with van der Waals surface area (Å²) >= 11 is 1.51. The number of anilines is 2. The van der Waals surface area contributed by atoms with Crippen molar-refractivity contribution in [1.82, 2.24) is 0 Å². The van der Waals surface area contributed by atoms with Crippen molar-refractivity contribution in [2.75, 3.05) is 16.8 Å². The van der Waals surface area contributed by atoms with Gasteiger partial charge in [0, 0.05) is 27.7 Å². The highest BCUT2D eigenvalue weighted by atomic mass is 32.2. The molecular weight excluding hydrogens is 537 g/mol. The van der Waals surface area contributed by atoms with Gasteiger partial charge < -0.3 is 10.4 Å². The smallest absolute Gasteiger partial charge is 0.416 e. The minimum atomic E-state index is -4.45. The number of nitrogens with one attached hydrogen (secondary N) is 1. The fourth-order valence-electron chi connectivity index (χ4n) is 4.05. The van der Waals surface area contributed by atoms with Gasteiger partial charge in [0.1, 0.15) is 0 Å². The minimum Gasteiger partial charge on any atom is -0.481 e. The number of amides is 2. The minimum absolute atomic E-state index is 0.0334. The molecule has 0 saturated heterocycles. The molecule has 2 amide bonds. The van der Waals surface area contributed by atoms with Gasteiger partial charge in [-0.1, -0.05) is 54.2 Å². The summed E-state index contributed by atoms with van der Waals surface area (Å²) in [6.07, 6.45) is -3.04. The van der Waals surface area contributed by atoms with Crippen molar-refractivity contribution >= 4 is 35.1 Å². The van der Waals surface area contributed by atoms with E-state index in [0.29, 0.717) is 18.7 Å². The van der Waals surface area contributed by atoms with Crippen LogP contribution < -0.4 is 10.2 Å². The molecule has 4 aromatic rings. The van der Waals surface area contributed by atoms with E-state index in [0.717, 1.165) is 39.5 Å². The monoisotopic (exact) mass is 564 g/mol. The molecule has 0 aliphatic heterocycles. The van der Waals surface area contributed by atoms with E-state index in [4.69, 9.17) is 5.11 Å². The number of alkyl halides is 3. The Morgan fingerprint density at radius 1 is 0.775 bits per heavy atom. The average molecular weight is 565 g/mol. The molecule has 4 rings (SSSR count). The van der Waals surface area contributed by atoms with E-state index in [2.05, 4.69) is 5.32 Å². The molecule has 0 saturated carbocycles. The molecule has 0 heterocycles. The Hall–Kier alpha value is -4.24. The predicted octanol–water partition coefficient (Wildman–Crippen LogP) is 8.16. The van der Waals surface area contributed by atoms with E-state index < -0.39 is 23.7 Å². The van der Waals surface area contributed by atoms with Gasteiger partial charge in [0.25, 0.3) is 0 Å². The van der Waals surface area contributed by atoms with Gasteiger partial charge in [-0.3, -0.25) is 9.69 Å². The third-order valence-electron chi connectivity index (χ3n) is 6.06. The van der Waals surface area contributed by atoms with E-state index in [1.807, 2.05) is 66.7 Å². The van der Waals surface area contributed by atoms with Gasteiger partial charge in [0.15, 0.2) is 0 Å². The highest BCUT2D eigenvalue weighted by molar-refractivity contribution is 7.99. The van der Waals surface area contributed by atoms with Crippen LogP contribution in [0.4, 0.5) is 29.3 Å². The van der Waals surface area contributed by atoms with E-state index >= 15 is 0 Å². The Bertz CT molecular complexity index is 1410. The average Bonchev–Trinajstić information content (AvgIpc) is 2.93. The summed E-state index contributed by atoms with van der Waals surface area (Å²) < 4.78 is 38.8. The Labute approximate surface area is 234 Å². The maximum Gasteiger partial charge on any atom is 0.416 e. The first-order valence-electron chi connectivity index (χ1n) is 12.6. The van der Waals surface area contributed by atoms with Crippen molar-refractivity contribution in [1.29, 1.82) is 0 Å². The Morgan fingerprint density at radius 3 is 1.95 bits per heavy atom. The van der Waals surface area contributed by atoms with Gasteiger partial charge in [-0.25, -0.2) is 4.79 Å². The SMILES string of the molecule is O=C(O)Cc1ccc(Sc2ccc(N(CCCc3ccccc3)C(=O)Nc3ccc(C(F)(F)F)cc3)cc2)cc1. The van der Waals surface area contributed by atoms with Crippen LogP contribution in [-0.4, -0.2) is 23.7 Å². The lowest BCUT2D eigenvalue weighted by atomic mass is 10.1. The molecule has 0 aromatic heterocycles. The Morgan fingerprint density at radius 2 is 1.38 bits per heavy atom. The van der Waals surface area contributed by atoms with Crippen LogP contribution in [0.3, 0.4) is 0 Å². The molecule has 0 fully saturated rings. The molecule has 0 atom stereocenters. The van der Waals surface area contributed by atoms with Crippen LogP contribution >= 0.6 is 11.8 Å². The van der Waals surface area contributed by atoms with Crippen LogP contribution in [0.2, 0.25) is 0 Å². The van der Waals surface area contributed by atoms with Crippen LogP contribution in [-0.2, 0) is 23.8 Å². The van der Waals surface area contributed by atoms with E-state index in [-0.39, 0.29) is 12.1 Å². The molecule has 0 spiro atoms. The number of rotatable bonds is 10. The van der Waals surface area contributed by atoms with Crippen LogP contribution in [0, 0.1) is 0 Å². The Balaban J connectivity index is 1.46. The predicted molar refractivity (Wildman–Crippen MR) is 151 cm³/mol. The van der Waals surface area contributed by atoms with Gasteiger partial charge in [-0.2, -0.15) is 13.2 Å². The molecule has 0 radical (unpaired) electrons. The van der Waals surface area contributed by atoms with Crippen molar-refractivity contribution in [2.45, 2.75) is 35.2 Å². The lowest BCUT2D eigenvalue weighted by Crippen LogP contribution is -2.36. The Kier molecular flexibility index (Phi) is 9.50. The summed E-state index contributed by atoms with van der Waals surface area (Å²) in [4.78, 5) is 27.6. The van der Waals surface area contributed by atoms with Crippen molar-refractivity contribution in [3.05, 3.63) is 120 Å². The van der Waals surface area contributed by atoms with Gasteiger partial charge in [-0.15, -0.1) is 0 Å². The number of carbonyl (C=O) groups is 2. The first kappa shape index (κ1) is 28.8. The third kappa shape index (κ3) is 8.38. The highest BCUT2D eigenvalue weighted by Crippen LogP contribution is 2.31. The van der Waals surface area contributed by atoms with Crippen LogP contribution in [0.25, 0.3) is 0 Å². The largest absolute Gasteiger partial charge is 0.481 e. The van der Waals surface area contributed by atoms with Crippen LogP contribution in [0.1, 0.15) is 23.1 Å². The van der Waals surface area contributed by atoms with Gasteiger partial charge in [-0.05, 0) is 84.6 Å². The molecule has 9 heteroatoms. The van der Waals surface area contributed by atoms with Crippen molar-refractivity contribution in [2.24, 2.45) is 0 Å². The lowest BCUT2D eigenvalue weighted by molar-refractivity contribution is -0.138. The molecule has 40 heavy (non-hydrogen) atoms. The summed E-state index contributed by atoms with van der Waals surface area (Å²) in [6.45, 7) is 0.402. The lowest BCUT2D eigenvalue weighted by Gasteiger charge is -2.24. The number of aryl methyl sites for hydroxylation is 1. The molecular formula is C31H27F3N2O3S. The number of nitrogens with zero attached hydrogens (tertiary/aromatic N) is 1. The number of aliphatic carboxylic acids is 1. The summed E-state index contributed by atoms with van der Waals surface area (Å²) in [6, 6.07) is 28.6.